The van der Waals surface area contributed by atoms with Crippen molar-refractivity contribution in [3.05, 3.63) is 46.1 Å². The van der Waals surface area contributed by atoms with Crippen LogP contribution in [0.2, 0.25) is 0 Å². The molecule has 1 unspecified atom stereocenters. The zero-order chi connectivity index (χ0) is 13.4. The molecule has 1 atom stereocenters. The van der Waals surface area contributed by atoms with Crippen molar-refractivity contribution in [1.29, 1.82) is 0 Å². The van der Waals surface area contributed by atoms with Crippen LogP contribution >= 0.6 is 9.90 Å². The standard InChI is InChI=1S/C14H13N2O2.H3P.H2S.Tl/c17-16(18)11-6-7-12-13(9-15-14(12)8-11)10-4-2-1-3-5-10;;;/h4,6-9H,1-3,5H2;1H3;1H2;/q-1;;;+1/p-1. The maximum atomic E-state index is 10.9. The van der Waals surface area contributed by atoms with E-state index < -0.39 is 0 Å². The summed E-state index contributed by atoms with van der Waals surface area (Å²) in [6.45, 7) is 0. The average molecular weight is 513 g/mol. The molecule has 110 valence electrons. The first-order valence-electron chi connectivity index (χ1n) is 6.41. The van der Waals surface area contributed by atoms with E-state index in [4.69, 9.17) is 0 Å². The van der Waals surface area contributed by atoms with Gasteiger partial charge in [0.2, 0.25) is 0 Å². The quantitative estimate of drug-likeness (QED) is 0.155. The van der Waals surface area contributed by atoms with Crippen molar-refractivity contribution in [1.82, 2.24) is 2.38 Å². The van der Waals surface area contributed by atoms with Crippen LogP contribution in [0.15, 0.2) is 30.5 Å². The molecule has 1 aromatic carbocycles. The summed E-state index contributed by atoms with van der Waals surface area (Å²) < 4.78 is 2.15. The summed E-state index contributed by atoms with van der Waals surface area (Å²) in [4.78, 5) is 10.5. The molecule has 0 saturated heterocycles. The van der Waals surface area contributed by atoms with Crippen LogP contribution in [0, 0.1) is 10.1 Å². The number of fused-ring (bicyclic) bond motifs is 1. The molecule has 0 fully saturated rings. The maximum absolute atomic E-state index is 10.9. The van der Waals surface area contributed by atoms with Crippen molar-refractivity contribution in [3.8, 4) is 0 Å². The minimum Gasteiger partial charge on any atom is -0.813 e. The normalized spacial score (nSPS) is 14.0. The number of benzene rings is 1. The summed E-state index contributed by atoms with van der Waals surface area (Å²) in [5.74, 6) is 0. The van der Waals surface area contributed by atoms with Crippen LogP contribution in [0.25, 0.3) is 16.5 Å². The molecule has 7 heteroatoms. The Morgan fingerprint density at radius 1 is 1.29 bits per heavy atom. The number of nitro benzene ring substituents is 1. The number of hydrogen-bond acceptors (Lipinski definition) is 3. The number of non-ortho nitro benzene ring substituents is 1. The third-order valence-electron chi connectivity index (χ3n) is 3.67. The monoisotopic (exact) mass is 513 g/mol. The molecule has 0 radical (unpaired) electrons. The first-order valence-corrected chi connectivity index (χ1v) is 8.41. The van der Waals surface area contributed by atoms with Gasteiger partial charge in [-0.1, -0.05) is 0 Å². The molecule has 0 spiro atoms. The van der Waals surface area contributed by atoms with Crippen LogP contribution in [-0.2, 0) is 13.5 Å². The van der Waals surface area contributed by atoms with Gasteiger partial charge in [0.25, 0.3) is 0 Å². The number of hydrogen-bond donors (Lipinski definition) is 0. The SMILES string of the molecule is O=[N+]([O-])c1ccc2c(C3=CCCCC3)c[n]([Tl])c2c1.P.[SH-]. The molecule has 3 rings (SSSR count). The molecule has 0 N–H and O–H groups in total. The molecule has 0 saturated carbocycles. The van der Waals surface area contributed by atoms with E-state index in [1.165, 1.54) is 24.0 Å². The Balaban J connectivity index is 0.00000110. The van der Waals surface area contributed by atoms with Gasteiger partial charge in [-0.25, -0.2) is 0 Å². The summed E-state index contributed by atoms with van der Waals surface area (Å²) in [5, 5.41) is 12.0. The fourth-order valence-electron chi connectivity index (χ4n) is 2.69. The van der Waals surface area contributed by atoms with E-state index >= 15 is 0 Å². The molecular weight excluding hydrogens is 496 g/mol. The minimum absolute atomic E-state index is 0. The summed E-state index contributed by atoms with van der Waals surface area (Å²) >= 11 is 0.618. The average Bonchev–Trinajstić information content (AvgIpc) is 2.77. The van der Waals surface area contributed by atoms with Gasteiger partial charge >= 0.3 is 127 Å². The van der Waals surface area contributed by atoms with E-state index in [2.05, 4.69) is 14.6 Å². The van der Waals surface area contributed by atoms with Crippen molar-refractivity contribution >= 4 is 71.6 Å². The van der Waals surface area contributed by atoms with Gasteiger partial charge < -0.3 is 13.5 Å². The molecule has 1 aromatic heterocycles. The number of allylic oxidation sites excluding steroid dienone is 2. The molecule has 4 nitrogen and oxygen atoms in total. The van der Waals surface area contributed by atoms with Crippen molar-refractivity contribution in [3.63, 3.8) is 0 Å². The van der Waals surface area contributed by atoms with Gasteiger partial charge in [0.15, 0.2) is 0 Å². The number of aromatic nitrogens is 1. The van der Waals surface area contributed by atoms with E-state index in [1.54, 1.807) is 12.1 Å². The zero-order valence-corrected chi connectivity index (χ0v) is 18.5. The minimum atomic E-state index is -0.323. The summed E-state index contributed by atoms with van der Waals surface area (Å²) in [6.07, 6.45) is 9.28. The second kappa shape index (κ2) is 7.74. The second-order valence-corrected chi connectivity index (χ2v) is 7.05. The Morgan fingerprint density at radius 2 is 2.05 bits per heavy atom. The van der Waals surface area contributed by atoms with Gasteiger partial charge in [0, 0.05) is 0 Å². The third-order valence-corrected chi connectivity index (χ3v) is 5.33. The molecule has 1 heterocycles. The van der Waals surface area contributed by atoms with E-state index in [0.29, 0.717) is 26.1 Å². The number of nitrogens with zero attached hydrogens (tertiary/aromatic N) is 2. The van der Waals surface area contributed by atoms with E-state index in [0.717, 1.165) is 23.7 Å². The van der Waals surface area contributed by atoms with Gasteiger partial charge in [-0.15, -0.1) is 0 Å². The van der Waals surface area contributed by atoms with Crippen LogP contribution in [0.4, 0.5) is 5.69 Å². The van der Waals surface area contributed by atoms with Gasteiger partial charge in [-0.05, 0) is 0 Å². The summed E-state index contributed by atoms with van der Waals surface area (Å²) in [5.41, 5.74) is 3.86. The van der Waals surface area contributed by atoms with Crippen molar-refractivity contribution < 1.29 is 4.92 Å². The molecule has 0 amide bonds. The smallest absolute Gasteiger partial charge is 0.153 e. The Labute approximate surface area is 150 Å². The zero-order valence-electron chi connectivity index (χ0n) is 11.7. The molecule has 21 heavy (non-hydrogen) atoms. The Kier molecular flexibility index (Phi) is 6.87. The maximum Gasteiger partial charge on any atom is -0.153 e. The number of thiol groups is 1. The van der Waals surface area contributed by atoms with Crippen LogP contribution in [0.5, 0.6) is 0 Å². The Bertz CT molecular complexity index is 700. The first-order chi connectivity index (χ1) is 9.16. The molecular formula is C14H17N2O2PSTl-. The van der Waals surface area contributed by atoms with Gasteiger partial charge in [-0.3, -0.25) is 0 Å². The van der Waals surface area contributed by atoms with E-state index in [-0.39, 0.29) is 34.0 Å². The van der Waals surface area contributed by atoms with Gasteiger partial charge in [-0.2, -0.15) is 9.90 Å². The number of nitro groups is 1. The fraction of sp³-hybridized carbons (Fsp3) is 0.286. The Morgan fingerprint density at radius 3 is 2.67 bits per heavy atom. The third kappa shape index (κ3) is 3.68. The summed E-state index contributed by atoms with van der Waals surface area (Å²) in [7, 11) is 0. The van der Waals surface area contributed by atoms with Crippen molar-refractivity contribution in [2.45, 2.75) is 25.7 Å². The van der Waals surface area contributed by atoms with Crippen molar-refractivity contribution in [2.24, 2.45) is 0 Å². The van der Waals surface area contributed by atoms with Crippen LogP contribution in [0.3, 0.4) is 0 Å². The molecule has 2 aromatic rings. The van der Waals surface area contributed by atoms with Crippen LogP contribution in [0.1, 0.15) is 31.2 Å². The largest absolute Gasteiger partial charge is 0.813 e. The van der Waals surface area contributed by atoms with Crippen molar-refractivity contribution in [2.75, 3.05) is 0 Å². The molecule has 0 aliphatic heterocycles. The van der Waals surface area contributed by atoms with Gasteiger partial charge in [0.1, 0.15) is 0 Å². The predicted octanol–water partition coefficient (Wildman–Crippen LogP) is 3.23. The van der Waals surface area contributed by atoms with Crippen LogP contribution < -0.4 is 0 Å². The summed E-state index contributed by atoms with van der Waals surface area (Å²) in [6, 6.07) is 5.21. The number of rotatable bonds is 2. The predicted molar refractivity (Wildman–Crippen MR) is 96.1 cm³/mol. The molecule has 1 aliphatic rings. The van der Waals surface area contributed by atoms with Crippen LogP contribution in [-0.4, -0.2) is 33.4 Å². The topological polar surface area (TPSA) is 48.1 Å². The Hall–Kier alpha value is -0.398. The van der Waals surface area contributed by atoms with E-state index in [1.807, 2.05) is 6.07 Å². The molecule has 1 aliphatic carbocycles. The van der Waals surface area contributed by atoms with Gasteiger partial charge in [0.05, 0.1) is 0 Å². The first kappa shape index (κ1) is 18.7. The fourth-order valence-corrected chi connectivity index (χ4v) is 4.10. The molecule has 0 bridgehead atoms. The second-order valence-electron chi connectivity index (χ2n) is 4.88. The van der Waals surface area contributed by atoms with E-state index in [9.17, 15) is 10.1 Å².